The molecule has 6 nitrogen and oxygen atoms in total. The number of nitrogens with zero attached hydrogens (tertiary/aromatic N) is 1. The summed E-state index contributed by atoms with van der Waals surface area (Å²) in [5.41, 5.74) is 3.39. The lowest BCUT2D eigenvalue weighted by Crippen LogP contribution is -2.06. The number of halogens is 1. The first-order valence-corrected chi connectivity index (χ1v) is 14.0. The Hall–Kier alpha value is -2.88. The summed E-state index contributed by atoms with van der Waals surface area (Å²) in [5.74, 6) is -0.524. The highest BCUT2D eigenvalue weighted by molar-refractivity contribution is 9.10. The Morgan fingerprint density at radius 2 is 1.81 bits per heavy atom. The van der Waals surface area contributed by atoms with E-state index in [-0.39, 0.29) is 12.4 Å². The van der Waals surface area contributed by atoms with E-state index in [4.69, 9.17) is 9.47 Å². The van der Waals surface area contributed by atoms with Crippen LogP contribution in [0.4, 0.5) is 0 Å². The van der Waals surface area contributed by atoms with Gasteiger partial charge in [0.2, 0.25) is 5.78 Å². The van der Waals surface area contributed by atoms with Crippen molar-refractivity contribution in [2.45, 2.75) is 25.0 Å². The van der Waals surface area contributed by atoms with Gasteiger partial charge in [-0.3, -0.25) is 4.79 Å². The monoisotopic (exact) mass is 585 g/mol. The maximum atomic E-state index is 13.7. The van der Waals surface area contributed by atoms with Gasteiger partial charge in [-0.2, -0.15) is 0 Å². The van der Waals surface area contributed by atoms with Gasteiger partial charge in [-0.1, -0.05) is 22.0 Å². The van der Waals surface area contributed by atoms with Crippen LogP contribution in [-0.4, -0.2) is 41.1 Å². The number of aryl methyl sites for hydroxylation is 1. The van der Waals surface area contributed by atoms with Crippen LogP contribution in [0.25, 0.3) is 16.4 Å². The number of hydrogen-bond donors (Lipinski definition) is 0. The van der Waals surface area contributed by atoms with Crippen LogP contribution < -0.4 is 0 Å². The highest BCUT2D eigenvalue weighted by Gasteiger charge is 2.29. The second-order valence-corrected chi connectivity index (χ2v) is 11.0. The fraction of sp³-hybridized carbons (Fsp3) is 0.222. The molecule has 3 aromatic heterocycles. The summed E-state index contributed by atoms with van der Waals surface area (Å²) in [7, 11) is 0. The summed E-state index contributed by atoms with van der Waals surface area (Å²) >= 11 is 6.25. The topological polar surface area (TPSA) is 74.1 Å². The first-order chi connectivity index (χ1) is 17.3. The van der Waals surface area contributed by atoms with E-state index >= 15 is 0 Å². The summed E-state index contributed by atoms with van der Waals surface area (Å²) in [6.07, 6.45) is 5.05. The van der Waals surface area contributed by atoms with Crippen molar-refractivity contribution in [3.8, 4) is 0 Å². The zero-order chi connectivity index (χ0) is 25.8. The van der Waals surface area contributed by atoms with E-state index in [1.807, 2.05) is 41.8 Å². The molecule has 0 bridgehead atoms. The maximum Gasteiger partial charge on any atom is 0.341 e. The molecule has 1 aromatic carbocycles. The molecule has 0 aliphatic carbocycles. The normalized spacial score (nSPS) is 11.4. The van der Waals surface area contributed by atoms with Crippen LogP contribution in [0.5, 0.6) is 0 Å². The molecule has 0 amide bonds. The number of aromatic nitrogens is 1. The zero-order valence-electron chi connectivity index (χ0n) is 20.0. The maximum absolute atomic E-state index is 13.7. The van der Waals surface area contributed by atoms with E-state index < -0.39 is 11.9 Å². The number of thioether (sulfide) groups is 1. The lowest BCUT2D eigenvalue weighted by atomic mass is 10.1. The molecule has 0 aliphatic heterocycles. The summed E-state index contributed by atoms with van der Waals surface area (Å²) in [6.45, 7) is 6.02. The summed E-state index contributed by atoms with van der Waals surface area (Å²) in [6, 6.07) is 11.1. The second-order valence-electron chi connectivity index (χ2n) is 7.80. The van der Waals surface area contributed by atoms with Crippen LogP contribution >= 0.6 is 39.0 Å². The lowest BCUT2D eigenvalue weighted by molar-refractivity contribution is -0.137. The molecule has 0 atom stereocenters. The highest BCUT2D eigenvalue weighted by atomic mass is 79.9. The molecule has 3 heterocycles. The van der Waals surface area contributed by atoms with Crippen LogP contribution in [0, 0.1) is 6.92 Å². The molecule has 0 spiro atoms. The SMILES string of the molecule is CCOC(=O)/C=C/CSc1sc(C(=O)c2ccc(Br)cc2)c2c(C(=O)OCC)c3cc(C)ccn3c12. The number of ketones is 1. The van der Waals surface area contributed by atoms with E-state index in [1.54, 1.807) is 32.1 Å². The highest BCUT2D eigenvalue weighted by Crippen LogP contribution is 2.44. The summed E-state index contributed by atoms with van der Waals surface area (Å²) in [4.78, 5) is 39.0. The second kappa shape index (κ2) is 11.5. The number of benzene rings is 1. The van der Waals surface area contributed by atoms with Crippen molar-refractivity contribution in [3.05, 3.63) is 80.8 Å². The summed E-state index contributed by atoms with van der Waals surface area (Å²) < 4.78 is 14.1. The molecule has 0 radical (unpaired) electrons. The van der Waals surface area contributed by atoms with Gasteiger partial charge in [0.15, 0.2) is 0 Å². The Morgan fingerprint density at radius 3 is 2.50 bits per heavy atom. The predicted octanol–water partition coefficient (Wildman–Crippen LogP) is 6.84. The Labute approximate surface area is 225 Å². The van der Waals surface area contributed by atoms with Gasteiger partial charge in [0.1, 0.15) is 0 Å². The van der Waals surface area contributed by atoms with Crippen molar-refractivity contribution in [1.82, 2.24) is 4.40 Å². The quantitative estimate of drug-likeness (QED) is 0.0925. The van der Waals surface area contributed by atoms with Crippen molar-refractivity contribution in [3.63, 3.8) is 0 Å². The van der Waals surface area contributed by atoms with Crippen molar-refractivity contribution in [1.29, 1.82) is 0 Å². The average molecular weight is 587 g/mol. The van der Waals surface area contributed by atoms with E-state index in [9.17, 15) is 14.4 Å². The number of pyridine rings is 1. The largest absolute Gasteiger partial charge is 0.463 e. The molecule has 0 unspecified atom stereocenters. The average Bonchev–Trinajstić information content (AvgIpc) is 3.37. The molecule has 0 saturated carbocycles. The Morgan fingerprint density at radius 1 is 1.08 bits per heavy atom. The Kier molecular flexibility index (Phi) is 8.33. The van der Waals surface area contributed by atoms with Crippen LogP contribution in [0.3, 0.4) is 0 Å². The third-order valence-electron chi connectivity index (χ3n) is 5.35. The van der Waals surface area contributed by atoms with Crippen LogP contribution in [-0.2, 0) is 14.3 Å². The number of esters is 2. The first kappa shape index (κ1) is 26.2. The van der Waals surface area contributed by atoms with Gasteiger partial charge in [-0.15, -0.1) is 23.1 Å². The Bertz CT molecular complexity index is 1480. The molecule has 4 aromatic rings. The summed E-state index contributed by atoms with van der Waals surface area (Å²) in [5, 5.41) is 0.592. The van der Waals surface area contributed by atoms with E-state index in [1.165, 1.54) is 29.2 Å². The van der Waals surface area contributed by atoms with Crippen LogP contribution in [0.2, 0.25) is 0 Å². The molecule has 0 fully saturated rings. The molecular weight excluding hydrogens is 562 g/mol. The molecule has 9 heteroatoms. The predicted molar refractivity (Wildman–Crippen MR) is 148 cm³/mol. The molecule has 0 saturated heterocycles. The third-order valence-corrected chi connectivity index (χ3v) is 8.27. The van der Waals surface area contributed by atoms with Crippen LogP contribution in [0.15, 0.2) is 63.4 Å². The third kappa shape index (κ3) is 5.28. The standard InChI is InChI=1S/C27H24BrNO5S2/c1-4-33-20(30)7-6-14-35-27-23-22(25(36-27)24(31)17-8-10-18(28)11-9-17)21(26(32)34-5-2)19-15-16(3)12-13-29(19)23/h6-13,15H,4-5,14H2,1-3H3/b7-6+. The molecular formula is C27H24BrNO5S2. The first-order valence-electron chi connectivity index (χ1n) is 11.4. The molecule has 36 heavy (non-hydrogen) atoms. The number of thiophene rings is 1. The number of hydrogen-bond acceptors (Lipinski definition) is 7. The van der Waals surface area contributed by atoms with Gasteiger partial charge in [0.05, 0.1) is 38.9 Å². The van der Waals surface area contributed by atoms with Crippen molar-refractivity contribution >= 4 is 73.2 Å². The minimum atomic E-state index is -0.461. The lowest BCUT2D eigenvalue weighted by Gasteiger charge is -2.05. The Balaban J connectivity index is 1.90. The molecule has 0 aliphatic rings. The van der Waals surface area contributed by atoms with Crippen molar-refractivity contribution in [2.24, 2.45) is 0 Å². The van der Waals surface area contributed by atoms with Gasteiger partial charge >= 0.3 is 11.9 Å². The number of fused-ring (bicyclic) bond motifs is 3. The number of carbonyl (C=O) groups is 3. The number of ether oxygens (including phenoxy) is 2. The fourth-order valence-corrected chi connectivity index (χ4v) is 6.46. The van der Waals surface area contributed by atoms with Gasteiger partial charge in [0.25, 0.3) is 0 Å². The smallest absolute Gasteiger partial charge is 0.341 e. The minimum absolute atomic E-state index is 0.162. The van der Waals surface area contributed by atoms with Crippen molar-refractivity contribution in [2.75, 3.05) is 19.0 Å². The van der Waals surface area contributed by atoms with Crippen LogP contribution in [0.1, 0.15) is 45.0 Å². The zero-order valence-corrected chi connectivity index (χ0v) is 23.2. The van der Waals surface area contributed by atoms with Gasteiger partial charge in [0, 0.05) is 33.4 Å². The molecule has 0 N–H and O–H groups in total. The van der Waals surface area contributed by atoms with Gasteiger partial charge in [-0.25, -0.2) is 9.59 Å². The van der Waals surface area contributed by atoms with Gasteiger partial charge < -0.3 is 13.9 Å². The molecule has 186 valence electrons. The van der Waals surface area contributed by atoms with Crippen molar-refractivity contribution < 1.29 is 23.9 Å². The number of rotatable bonds is 9. The van der Waals surface area contributed by atoms with E-state index in [0.717, 1.165) is 19.8 Å². The van der Waals surface area contributed by atoms with E-state index in [0.29, 0.717) is 39.3 Å². The van der Waals surface area contributed by atoms with Gasteiger partial charge in [-0.05, 0) is 62.7 Å². The minimum Gasteiger partial charge on any atom is -0.463 e. The fourth-order valence-electron chi connectivity index (χ4n) is 3.83. The number of carbonyl (C=O) groups excluding carboxylic acids is 3. The molecule has 4 rings (SSSR count). The van der Waals surface area contributed by atoms with E-state index in [2.05, 4.69) is 15.9 Å².